The lowest BCUT2D eigenvalue weighted by molar-refractivity contribution is 0.414. The summed E-state index contributed by atoms with van der Waals surface area (Å²) in [7, 11) is 3.35. The zero-order valence-corrected chi connectivity index (χ0v) is 17.2. The first kappa shape index (κ1) is 18.4. The van der Waals surface area contributed by atoms with Crippen LogP contribution < -0.4 is 9.47 Å². The standard InChI is InChI=1S/C24H18O2S2/c1-25-21-5-7-23(19-9-11-27-15-19)17(13-21)3-4-18-14-22(26-2)6-8-24(18)20-10-12-28-16-20/h5-16H,1-2H3. The molecule has 2 heterocycles. The van der Waals surface area contributed by atoms with Crippen LogP contribution in [0.2, 0.25) is 0 Å². The van der Waals surface area contributed by atoms with E-state index in [1.807, 2.05) is 24.3 Å². The summed E-state index contributed by atoms with van der Waals surface area (Å²) in [6.07, 6.45) is 0. The van der Waals surface area contributed by atoms with E-state index < -0.39 is 0 Å². The number of hydrogen-bond acceptors (Lipinski definition) is 4. The second-order valence-electron chi connectivity index (χ2n) is 6.10. The van der Waals surface area contributed by atoms with Crippen molar-refractivity contribution in [3.05, 3.63) is 81.2 Å². The first-order valence-corrected chi connectivity index (χ1v) is 10.6. The molecule has 0 aliphatic carbocycles. The van der Waals surface area contributed by atoms with Gasteiger partial charge in [-0.05, 0) is 92.3 Å². The molecule has 0 radical (unpaired) electrons. The molecule has 0 saturated carbocycles. The van der Waals surface area contributed by atoms with Crippen molar-refractivity contribution in [2.75, 3.05) is 14.2 Å². The Morgan fingerprint density at radius 3 is 1.46 bits per heavy atom. The number of thiophene rings is 2. The topological polar surface area (TPSA) is 18.5 Å². The van der Waals surface area contributed by atoms with Gasteiger partial charge in [0.15, 0.2) is 0 Å². The summed E-state index contributed by atoms with van der Waals surface area (Å²) in [4.78, 5) is 0. The molecule has 0 amide bonds. The van der Waals surface area contributed by atoms with Gasteiger partial charge in [-0.1, -0.05) is 11.8 Å². The molecule has 0 atom stereocenters. The predicted molar refractivity (Wildman–Crippen MR) is 119 cm³/mol. The van der Waals surface area contributed by atoms with Gasteiger partial charge < -0.3 is 9.47 Å². The molecule has 0 aliphatic heterocycles. The summed E-state index contributed by atoms with van der Waals surface area (Å²) in [5.74, 6) is 8.33. The fraction of sp³-hybridized carbons (Fsp3) is 0.0833. The van der Waals surface area contributed by atoms with Gasteiger partial charge in [-0.15, -0.1) is 0 Å². The van der Waals surface area contributed by atoms with Gasteiger partial charge in [0, 0.05) is 11.1 Å². The number of benzene rings is 2. The molecule has 0 fully saturated rings. The quantitative estimate of drug-likeness (QED) is 0.360. The molecule has 2 aromatic carbocycles. The minimum absolute atomic E-state index is 0.798. The predicted octanol–water partition coefficient (Wildman–Crippen LogP) is 6.56. The molecular weight excluding hydrogens is 384 g/mol. The highest BCUT2D eigenvalue weighted by molar-refractivity contribution is 7.08. The maximum atomic E-state index is 5.41. The smallest absolute Gasteiger partial charge is 0.120 e. The van der Waals surface area contributed by atoms with E-state index in [4.69, 9.17) is 9.47 Å². The van der Waals surface area contributed by atoms with Crippen LogP contribution in [-0.2, 0) is 0 Å². The Labute approximate surface area is 173 Å². The van der Waals surface area contributed by atoms with Crippen LogP contribution in [0.3, 0.4) is 0 Å². The van der Waals surface area contributed by atoms with Crippen molar-refractivity contribution in [3.63, 3.8) is 0 Å². The Hall–Kier alpha value is -3.00. The summed E-state index contributed by atoms with van der Waals surface area (Å²) in [6.45, 7) is 0. The highest BCUT2D eigenvalue weighted by Gasteiger charge is 2.08. The Balaban J connectivity index is 1.83. The third-order valence-corrected chi connectivity index (χ3v) is 5.82. The van der Waals surface area contributed by atoms with Crippen molar-refractivity contribution >= 4 is 22.7 Å². The van der Waals surface area contributed by atoms with Crippen LogP contribution in [0, 0.1) is 11.8 Å². The van der Waals surface area contributed by atoms with Crippen molar-refractivity contribution in [2.24, 2.45) is 0 Å². The molecule has 0 spiro atoms. The van der Waals surface area contributed by atoms with Gasteiger partial charge in [0.1, 0.15) is 11.5 Å². The van der Waals surface area contributed by atoms with E-state index in [1.165, 1.54) is 11.1 Å². The number of ether oxygens (including phenoxy) is 2. The van der Waals surface area contributed by atoms with Crippen molar-refractivity contribution in [3.8, 4) is 45.6 Å². The van der Waals surface area contributed by atoms with Gasteiger partial charge in [-0.3, -0.25) is 0 Å². The Kier molecular flexibility index (Phi) is 5.48. The SMILES string of the molecule is COc1ccc(-c2ccsc2)c(C#Cc2cc(OC)ccc2-c2ccsc2)c1. The lowest BCUT2D eigenvalue weighted by Gasteiger charge is -2.07. The minimum atomic E-state index is 0.798. The summed E-state index contributed by atoms with van der Waals surface area (Å²) in [5, 5.41) is 8.42. The third-order valence-electron chi connectivity index (χ3n) is 4.45. The molecule has 4 heteroatoms. The van der Waals surface area contributed by atoms with Crippen molar-refractivity contribution in [1.29, 1.82) is 0 Å². The molecule has 4 aromatic rings. The van der Waals surface area contributed by atoms with Gasteiger partial charge >= 0.3 is 0 Å². The van der Waals surface area contributed by atoms with E-state index in [0.29, 0.717) is 0 Å². The van der Waals surface area contributed by atoms with Crippen molar-refractivity contribution in [1.82, 2.24) is 0 Å². The summed E-state index contributed by atoms with van der Waals surface area (Å²) in [6, 6.07) is 16.3. The average molecular weight is 403 g/mol. The van der Waals surface area contributed by atoms with Crippen LogP contribution in [0.25, 0.3) is 22.3 Å². The van der Waals surface area contributed by atoms with Crippen LogP contribution in [0.5, 0.6) is 11.5 Å². The fourth-order valence-corrected chi connectivity index (χ4v) is 4.29. The Morgan fingerprint density at radius 2 is 1.11 bits per heavy atom. The van der Waals surface area contributed by atoms with Gasteiger partial charge in [0.05, 0.1) is 14.2 Å². The lowest BCUT2D eigenvalue weighted by atomic mass is 9.99. The molecule has 0 N–H and O–H groups in total. The number of methoxy groups -OCH3 is 2. The van der Waals surface area contributed by atoms with Crippen LogP contribution >= 0.6 is 22.7 Å². The van der Waals surface area contributed by atoms with Gasteiger partial charge in [-0.25, -0.2) is 0 Å². The molecule has 2 nitrogen and oxygen atoms in total. The second-order valence-corrected chi connectivity index (χ2v) is 7.66. The minimum Gasteiger partial charge on any atom is -0.497 e. The fourth-order valence-electron chi connectivity index (χ4n) is 2.98. The molecular formula is C24H18O2S2. The zero-order valence-electron chi connectivity index (χ0n) is 15.6. The monoisotopic (exact) mass is 402 g/mol. The van der Waals surface area contributed by atoms with Gasteiger partial charge in [-0.2, -0.15) is 22.7 Å². The molecule has 28 heavy (non-hydrogen) atoms. The second kappa shape index (κ2) is 8.35. The van der Waals surface area contributed by atoms with Crippen molar-refractivity contribution in [2.45, 2.75) is 0 Å². The average Bonchev–Trinajstić information content (AvgIpc) is 3.46. The van der Waals surface area contributed by atoms with Crippen LogP contribution in [0.15, 0.2) is 70.1 Å². The zero-order chi connectivity index (χ0) is 19.3. The molecule has 0 bridgehead atoms. The van der Waals surface area contributed by atoms with E-state index >= 15 is 0 Å². The first-order chi connectivity index (χ1) is 13.8. The largest absolute Gasteiger partial charge is 0.497 e. The van der Waals surface area contributed by atoms with E-state index in [0.717, 1.165) is 33.8 Å². The molecule has 0 unspecified atom stereocenters. The van der Waals surface area contributed by atoms with Crippen molar-refractivity contribution < 1.29 is 9.47 Å². The van der Waals surface area contributed by atoms with Crippen LogP contribution in [-0.4, -0.2) is 14.2 Å². The lowest BCUT2D eigenvalue weighted by Crippen LogP contribution is -1.89. The molecule has 4 rings (SSSR count). The highest BCUT2D eigenvalue weighted by atomic mass is 32.1. The van der Waals surface area contributed by atoms with E-state index in [-0.39, 0.29) is 0 Å². The van der Waals surface area contributed by atoms with E-state index in [9.17, 15) is 0 Å². The molecule has 0 aliphatic rings. The molecule has 0 saturated heterocycles. The summed E-state index contributed by atoms with van der Waals surface area (Å²) < 4.78 is 10.8. The molecule has 2 aromatic heterocycles. The number of rotatable bonds is 4. The highest BCUT2D eigenvalue weighted by Crippen LogP contribution is 2.30. The van der Waals surface area contributed by atoms with E-state index in [1.54, 1.807) is 36.9 Å². The van der Waals surface area contributed by atoms with Gasteiger partial charge in [0.2, 0.25) is 0 Å². The summed E-state index contributed by atoms with van der Waals surface area (Å²) >= 11 is 3.36. The number of hydrogen-bond donors (Lipinski definition) is 0. The third kappa shape index (κ3) is 3.82. The summed E-state index contributed by atoms with van der Waals surface area (Å²) in [5.41, 5.74) is 6.43. The first-order valence-electron chi connectivity index (χ1n) is 8.71. The Bertz CT molecular complexity index is 1040. The molecule has 138 valence electrons. The van der Waals surface area contributed by atoms with Crippen LogP contribution in [0.4, 0.5) is 0 Å². The van der Waals surface area contributed by atoms with Crippen LogP contribution in [0.1, 0.15) is 11.1 Å². The Morgan fingerprint density at radius 1 is 0.643 bits per heavy atom. The normalized spacial score (nSPS) is 10.2. The van der Waals surface area contributed by atoms with E-state index in [2.05, 4.69) is 57.6 Å². The van der Waals surface area contributed by atoms with Gasteiger partial charge in [0.25, 0.3) is 0 Å². The maximum Gasteiger partial charge on any atom is 0.120 e. The maximum absolute atomic E-state index is 5.41.